The lowest BCUT2D eigenvalue weighted by atomic mass is 10.3. The van der Waals surface area contributed by atoms with Crippen molar-refractivity contribution < 1.29 is 9.53 Å². The molecule has 0 aromatic heterocycles. The molecule has 1 aromatic rings. The van der Waals surface area contributed by atoms with Crippen molar-refractivity contribution >= 4 is 46.3 Å². The van der Waals surface area contributed by atoms with E-state index in [-0.39, 0.29) is 0 Å². The van der Waals surface area contributed by atoms with Crippen LogP contribution in [0.1, 0.15) is 0 Å². The van der Waals surface area contributed by atoms with Gasteiger partial charge in [-0.3, -0.25) is 4.79 Å². The number of nitrogens with one attached hydrogen (secondary N) is 1. The summed E-state index contributed by atoms with van der Waals surface area (Å²) in [6, 6.07) is 3.41. The molecule has 0 saturated heterocycles. The Morgan fingerprint density at radius 1 is 1.62 bits per heavy atom. The summed E-state index contributed by atoms with van der Waals surface area (Å²) in [5, 5.41) is 3.08. The van der Waals surface area contributed by atoms with Crippen molar-refractivity contribution in [3.63, 3.8) is 0 Å². The molecule has 0 aliphatic carbocycles. The lowest BCUT2D eigenvalue weighted by Crippen LogP contribution is -1.97. The molecule has 0 heterocycles. The Morgan fingerprint density at radius 2 is 2.31 bits per heavy atom. The molecule has 3 nitrogen and oxygen atoms in total. The standard InChI is InChI=1S/C8H7ClINO2/c1-13-8-3-7(11-4-12)6(10)2-5(8)9/h2-4H,1H3,(H,11,12). The van der Waals surface area contributed by atoms with E-state index in [1.807, 2.05) is 0 Å². The van der Waals surface area contributed by atoms with E-state index in [0.29, 0.717) is 22.9 Å². The van der Waals surface area contributed by atoms with Crippen LogP contribution in [0.25, 0.3) is 0 Å². The number of anilines is 1. The van der Waals surface area contributed by atoms with E-state index in [1.54, 1.807) is 12.1 Å². The molecule has 1 N–H and O–H groups in total. The second-order valence-corrected chi connectivity index (χ2v) is 3.80. The number of halogens is 2. The predicted octanol–water partition coefficient (Wildman–Crippen LogP) is 2.52. The molecule has 0 radical (unpaired) electrons. The quantitative estimate of drug-likeness (QED) is 0.688. The van der Waals surface area contributed by atoms with Crippen molar-refractivity contribution in [3.8, 4) is 5.75 Å². The topological polar surface area (TPSA) is 38.3 Å². The molecule has 5 heteroatoms. The second kappa shape index (κ2) is 4.66. The number of ether oxygens (including phenoxy) is 1. The maximum Gasteiger partial charge on any atom is 0.211 e. The molecular weight excluding hydrogens is 304 g/mol. The third kappa shape index (κ3) is 2.47. The molecule has 1 aromatic carbocycles. The number of methoxy groups -OCH3 is 1. The minimum atomic E-state index is 0.531. The van der Waals surface area contributed by atoms with E-state index >= 15 is 0 Å². The van der Waals surface area contributed by atoms with Crippen molar-refractivity contribution in [2.75, 3.05) is 12.4 Å². The van der Waals surface area contributed by atoms with Crippen LogP contribution >= 0.6 is 34.2 Å². The van der Waals surface area contributed by atoms with Gasteiger partial charge in [-0.1, -0.05) is 11.6 Å². The SMILES string of the molecule is COc1cc(NC=O)c(I)cc1Cl. The molecule has 13 heavy (non-hydrogen) atoms. The van der Waals surface area contributed by atoms with Crippen LogP contribution < -0.4 is 10.1 Å². The second-order valence-electron chi connectivity index (χ2n) is 2.23. The van der Waals surface area contributed by atoms with Crippen LogP contribution in [-0.4, -0.2) is 13.5 Å². The average Bonchev–Trinajstić information content (AvgIpc) is 2.10. The number of amides is 1. The van der Waals surface area contributed by atoms with Crippen molar-refractivity contribution in [1.29, 1.82) is 0 Å². The lowest BCUT2D eigenvalue weighted by Gasteiger charge is -2.07. The number of benzene rings is 1. The first-order valence-corrected chi connectivity index (χ1v) is 4.88. The van der Waals surface area contributed by atoms with Crippen LogP contribution in [0.2, 0.25) is 5.02 Å². The van der Waals surface area contributed by atoms with Crippen LogP contribution in [-0.2, 0) is 4.79 Å². The van der Waals surface area contributed by atoms with E-state index in [0.717, 1.165) is 3.57 Å². The third-order valence-corrected chi connectivity index (χ3v) is 2.64. The Hall–Kier alpha value is -0.490. The Labute approximate surface area is 94.6 Å². The summed E-state index contributed by atoms with van der Waals surface area (Å²) >= 11 is 7.94. The maximum absolute atomic E-state index is 10.2. The van der Waals surface area contributed by atoms with Gasteiger partial charge in [0.2, 0.25) is 6.41 Å². The highest BCUT2D eigenvalue weighted by Gasteiger charge is 2.06. The zero-order chi connectivity index (χ0) is 9.84. The molecule has 0 spiro atoms. The normalized spacial score (nSPS) is 9.46. The molecule has 0 saturated carbocycles. The highest BCUT2D eigenvalue weighted by Crippen LogP contribution is 2.31. The summed E-state index contributed by atoms with van der Waals surface area (Å²) in [4.78, 5) is 10.2. The van der Waals surface area contributed by atoms with Crippen molar-refractivity contribution in [3.05, 3.63) is 20.7 Å². The molecule has 0 aliphatic rings. The number of hydrogen-bond acceptors (Lipinski definition) is 2. The molecule has 1 amide bonds. The van der Waals surface area contributed by atoms with Gasteiger partial charge in [-0.25, -0.2) is 0 Å². The predicted molar refractivity (Wildman–Crippen MR) is 60.4 cm³/mol. The van der Waals surface area contributed by atoms with Crippen LogP contribution in [0.5, 0.6) is 5.75 Å². The van der Waals surface area contributed by atoms with Crippen LogP contribution in [0.15, 0.2) is 12.1 Å². The number of rotatable bonds is 3. The molecule has 0 fully saturated rings. The smallest absolute Gasteiger partial charge is 0.211 e. The average molecular weight is 312 g/mol. The van der Waals surface area contributed by atoms with Gasteiger partial charge < -0.3 is 10.1 Å². The van der Waals surface area contributed by atoms with Gasteiger partial charge in [0.25, 0.3) is 0 Å². The van der Waals surface area contributed by atoms with Gasteiger partial charge in [0.05, 0.1) is 17.8 Å². The Balaban J connectivity index is 3.13. The number of carbonyl (C=O) groups is 1. The third-order valence-electron chi connectivity index (χ3n) is 1.46. The van der Waals surface area contributed by atoms with E-state index in [1.165, 1.54) is 7.11 Å². The summed E-state index contributed by atoms with van der Waals surface area (Å²) in [5.41, 5.74) is 0.692. The summed E-state index contributed by atoms with van der Waals surface area (Å²) in [6.07, 6.45) is 0.616. The lowest BCUT2D eigenvalue weighted by molar-refractivity contribution is -0.105. The highest BCUT2D eigenvalue weighted by atomic mass is 127. The molecule has 0 aliphatic heterocycles. The first-order valence-electron chi connectivity index (χ1n) is 3.42. The monoisotopic (exact) mass is 311 g/mol. The number of hydrogen-bond donors (Lipinski definition) is 1. The fraction of sp³-hybridized carbons (Fsp3) is 0.125. The highest BCUT2D eigenvalue weighted by molar-refractivity contribution is 14.1. The van der Waals surface area contributed by atoms with Crippen molar-refractivity contribution in [2.45, 2.75) is 0 Å². The molecule has 0 bridgehead atoms. The maximum atomic E-state index is 10.2. The minimum Gasteiger partial charge on any atom is -0.495 e. The Kier molecular flexibility index (Phi) is 3.80. The van der Waals surface area contributed by atoms with Crippen molar-refractivity contribution in [1.82, 2.24) is 0 Å². The van der Waals surface area contributed by atoms with Gasteiger partial charge in [0.15, 0.2) is 0 Å². The minimum absolute atomic E-state index is 0.531. The first kappa shape index (κ1) is 10.6. The van der Waals surface area contributed by atoms with Gasteiger partial charge in [0, 0.05) is 9.64 Å². The number of carbonyl (C=O) groups excluding carboxylic acids is 1. The zero-order valence-electron chi connectivity index (χ0n) is 6.80. The molecular formula is C8H7ClINO2. The van der Waals surface area contributed by atoms with Crippen molar-refractivity contribution in [2.24, 2.45) is 0 Å². The van der Waals surface area contributed by atoms with Gasteiger partial charge in [-0.05, 0) is 28.7 Å². The molecule has 1 rings (SSSR count). The molecule has 70 valence electrons. The van der Waals surface area contributed by atoms with Gasteiger partial charge in [0.1, 0.15) is 5.75 Å². The van der Waals surface area contributed by atoms with Crippen LogP contribution in [0.3, 0.4) is 0 Å². The van der Waals surface area contributed by atoms with Gasteiger partial charge in [-0.2, -0.15) is 0 Å². The molecule has 0 atom stereocenters. The van der Waals surface area contributed by atoms with Crippen LogP contribution in [0.4, 0.5) is 5.69 Å². The zero-order valence-corrected chi connectivity index (χ0v) is 9.72. The largest absolute Gasteiger partial charge is 0.495 e. The van der Waals surface area contributed by atoms with E-state index < -0.39 is 0 Å². The fourth-order valence-electron chi connectivity index (χ4n) is 0.860. The summed E-state index contributed by atoms with van der Waals surface area (Å²) < 4.78 is 5.87. The summed E-state index contributed by atoms with van der Waals surface area (Å²) in [7, 11) is 1.53. The van der Waals surface area contributed by atoms with E-state index in [9.17, 15) is 4.79 Å². The molecule has 0 unspecified atom stereocenters. The fourth-order valence-corrected chi connectivity index (χ4v) is 1.91. The summed E-state index contributed by atoms with van der Waals surface area (Å²) in [6.45, 7) is 0. The van der Waals surface area contributed by atoms with Gasteiger partial charge >= 0.3 is 0 Å². The van der Waals surface area contributed by atoms with E-state index in [4.69, 9.17) is 16.3 Å². The summed E-state index contributed by atoms with van der Waals surface area (Å²) in [5.74, 6) is 0.548. The first-order chi connectivity index (χ1) is 6.19. The van der Waals surface area contributed by atoms with Gasteiger partial charge in [-0.15, -0.1) is 0 Å². The van der Waals surface area contributed by atoms with E-state index in [2.05, 4.69) is 27.9 Å². The Morgan fingerprint density at radius 3 is 2.85 bits per heavy atom. The Bertz CT molecular complexity index is 330. The van der Waals surface area contributed by atoms with Crippen LogP contribution in [0, 0.1) is 3.57 Å².